The van der Waals surface area contributed by atoms with E-state index in [4.69, 9.17) is 0 Å². The number of nitro groups is 1. The predicted octanol–water partition coefficient (Wildman–Crippen LogP) is 5.55. The van der Waals surface area contributed by atoms with Crippen molar-refractivity contribution in [2.45, 2.75) is 19.8 Å². The van der Waals surface area contributed by atoms with Gasteiger partial charge >= 0.3 is 0 Å². The van der Waals surface area contributed by atoms with Crippen LogP contribution in [-0.2, 0) is 4.79 Å². The molecular weight excluding hydrogens is 386 g/mol. The molecule has 140 valence electrons. The molecule has 0 aliphatic rings. The number of carbonyl (C=O) groups excluding carboxylic acids is 1. The fraction of sp³-hybridized carbons (Fsp3) is 0.158. The molecule has 0 unspecified atom stereocenters. The van der Waals surface area contributed by atoms with Crippen molar-refractivity contribution < 1.29 is 9.72 Å². The molecule has 0 aliphatic carbocycles. The summed E-state index contributed by atoms with van der Waals surface area (Å²) in [6.07, 6.45) is 1.31. The number of thiazole rings is 1. The first-order valence-electron chi connectivity index (χ1n) is 8.17. The van der Waals surface area contributed by atoms with Crippen LogP contribution in [0.3, 0.4) is 0 Å². The molecular formula is C19H18ClN3O3S. The highest BCUT2D eigenvalue weighted by Crippen LogP contribution is 2.31. The molecule has 8 heteroatoms. The van der Waals surface area contributed by atoms with Gasteiger partial charge in [-0.3, -0.25) is 14.9 Å². The third-order valence-corrected chi connectivity index (χ3v) is 4.64. The van der Waals surface area contributed by atoms with Crippen molar-refractivity contribution in [1.82, 2.24) is 4.98 Å². The number of non-ortho nitro benzene ring substituents is 1. The minimum Gasteiger partial charge on any atom is -0.326 e. The molecule has 2 aromatic carbocycles. The molecule has 0 aliphatic heterocycles. The first kappa shape index (κ1) is 20.5. The Kier molecular flexibility index (Phi) is 7.04. The quantitative estimate of drug-likeness (QED) is 0.432. The van der Waals surface area contributed by atoms with Crippen LogP contribution in [0.1, 0.15) is 19.8 Å². The van der Waals surface area contributed by atoms with Gasteiger partial charge in [-0.15, -0.1) is 23.7 Å². The molecule has 1 aromatic heterocycles. The molecule has 3 rings (SSSR count). The number of nitrogens with zero attached hydrogens (tertiary/aromatic N) is 2. The van der Waals surface area contributed by atoms with Crippen LogP contribution in [0.15, 0.2) is 53.9 Å². The summed E-state index contributed by atoms with van der Waals surface area (Å²) in [6, 6.07) is 13.9. The van der Waals surface area contributed by atoms with Crippen LogP contribution in [0, 0.1) is 10.1 Å². The van der Waals surface area contributed by atoms with Gasteiger partial charge in [0.25, 0.3) is 5.69 Å². The Bertz CT molecular complexity index is 941. The van der Waals surface area contributed by atoms with Crippen molar-refractivity contribution in [1.29, 1.82) is 0 Å². The Morgan fingerprint density at radius 3 is 2.59 bits per heavy atom. The Morgan fingerprint density at radius 2 is 1.93 bits per heavy atom. The van der Waals surface area contributed by atoms with Gasteiger partial charge in [-0.05, 0) is 18.6 Å². The average Bonchev–Trinajstić information content (AvgIpc) is 3.13. The highest BCUT2D eigenvalue weighted by atomic mass is 35.5. The van der Waals surface area contributed by atoms with E-state index in [0.717, 1.165) is 33.9 Å². The maximum Gasteiger partial charge on any atom is 0.270 e. The number of amides is 1. The summed E-state index contributed by atoms with van der Waals surface area (Å²) in [5.74, 6) is 0.00173. The van der Waals surface area contributed by atoms with E-state index in [1.54, 1.807) is 6.07 Å². The van der Waals surface area contributed by atoms with E-state index in [0.29, 0.717) is 6.42 Å². The van der Waals surface area contributed by atoms with Crippen molar-refractivity contribution in [3.8, 4) is 21.8 Å². The number of hydrogen-bond acceptors (Lipinski definition) is 5. The summed E-state index contributed by atoms with van der Waals surface area (Å²) < 4.78 is 0. The van der Waals surface area contributed by atoms with Crippen molar-refractivity contribution in [2.75, 3.05) is 5.32 Å². The summed E-state index contributed by atoms with van der Waals surface area (Å²) in [7, 11) is 0. The van der Waals surface area contributed by atoms with E-state index < -0.39 is 4.92 Å². The van der Waals surface area contributed by atoms with E-state index in [1.807, 2.05) is 42.6 Å². The Hall–Kier alpha value is -2.77. The summed E-state index contributed by atoms with van der Waals surface area (Å²) in [6.45, 7) is 1.96. The van der Waals surface area contributed by atoms with E-state index in [2.05, 4.69) is 10.3 Å². The molecule has 0 saturated carbocycles. The van der Waals surface area contributed by atoms with Crippen LogP contribution in [0.4, 0.5) is 11.4 Å². The van der Waals surface area contributed by atoms with Crippen LogP contribution >= 0.6 is 23.7 Å². The molecule has 0 radical (unpaired) electrons. The van der Waals surface area contributed by atoms with Gasteiger partial charge < -0.3 is 5.32 Å². The smallest absolute Gasteiger partial charge is 0.270 e. The zero-order valence-electron chi connectivity index (χ0n) is 14.5. The van der Waals surface area contributed by atoms with Crippen LogP contribution in [0.5, 0.6) is 0 Å². The number of aromatic nitrogens is 1. The first-order chi connectivity index (χ1) is 12.6. The summed E-state index contributed by atoms with van der Waals surface area (Å²) >= 11 is 1.44. The highest BCUT2D eigenvalue weighted by molar-refractivity contribution is 7.13. The monoisotopic (exact) mass is 403 g/mol. The van der Waals surface area contributed by atoms with E-state index in [-0.39, 0.29) is 24.0 Å². The van der Waals surface area contributed by atoms with Gasteiger partial charge in [0.1, 0.15) is 5.01 Å². The Labute approximate surface area is 166 Å². The molecule has 1 N–H and O–H groups in total. The van der Waals surface area contributed by atoms with Gasteiger partial charge in [0.05, 0.1) is 10.6 Å². The van der Waals surface area contributed by atoms with Crippen LogP contribution in [-0.4, -0.2) is 15.8 Å². The molecule has 0 spiro atoms. The Morgan fingerprint density at radius 1 is 1.19 bits per heavy atom. The number of anilines is 1. The van der Waals surface area contributed by atoms with E-state index in [1.165, 1.54) is 23.5 Å². The number of nitro benzene ring substituents is 1. The van der Waals surface area contributed by atoms with Crippen molar-refractivity contribution in [2.24, 2.45) is 0 Å². The standard InChI is InChI=1S/C19H17N3O3S.ClH/c1-2-4-18(23)20-15-9-7-13(8-10-15)17-12-26-19(21-17)14-5-3-6-16(11-14)22(24)25;/h3,5-12H,2,4H2,1H3,(H,20,23);1H. The normalized spacial score (nSPS) is 10.1. The zero-order valence-corrected chi connectivity index (χ0v) is 16.2. The number of hydrogen-bond donors (Lipinski definition) is 1. The second kappa shape index (κ2) is 9.25. The molecule has 0 saturated heterocycles. The SMILES string of the molecule is CCCC(=O)Nc1ccc(-c2csc(-c3cccc([N+](=O)[O-])c3)n2)cc1.Cl. The molecule has 3 aromatic rings. The van der Waals surface area contributed by atoms with Crippen LogP contribution < -0.4 is 5.32 Å². The molecule has 0 atom stereocenters. The summed E-state index contributed by atoms with van der Waals surface area (Å²) in [4.78, 5) is 26.7. The predicted molar refractivity (Wildman–Crippen MR) is 110 cm³/mol. The fourth-order valence-corrected chi connectivity index (χ4v) is 3.29. The van der Waals surface area contributed by atoms with Gasteiger partial charge in [0, 0.05) is 40.7 Å². The number of halogens is 1. The van der Waals surface area contributed by atoms with Gasteiger partial charge in [-0.2, -0.15) is 0 Å². The van der Waals surface area contributed by atoms with E-state index in [9.17, 15) is 14.9 Å². The lowest BCUT2D eigenvalue weighted by Gasteiger charge is -2.05. The van der Waals surface area contributed by atoms with Gasteiger partial charge in [0.15, 0.2) is 0 Å². The Balaban J connectivity index is 0.00000261. The molecule has 6 nitrogen and oxygen atoms in total. The minimum atomic E-state index is -0.413. The number of carbonyl (C=O) groups is 1. The number of benzene rings is 2. The van der Waals surface area contributed by atoms with Crippen molar-refractivity contribution in [3.63, 3.8) is 0 Å². The highest BCUT2D eigenvalue weighted by Gasteiger charge is 2.11. The lowest BCUT2D eigenvalue weighted by Crippen LogP contribution is -2.10. The van der Waals surface area contributed by atoms with Crippen LogP contribution in [0.25, 0.3) is 21.8 Å². The second-order valence-corrected chi connectivity index (χ2v) is 6.58. The topological polar surface area (TPSA) is 85.1 Å². The maximum atomic E-state index is 11.6. The minimum absolute atomic E-state index is 0. The lowest BCUT2D eigenvalue weighted by molar-refractivity contribution is -0.384. The van der Waals surface area contributed by atoms with Crippen molar-refractivity contribution >= 4 is 41.0 Å². The molecule has 0 bridgehead atoms. The lowest BCUT2D eigenvalue weighted by atomic mass is 10.1. The van der Waals surface area contributed by atoms with Gasteiger partial charge in [0.2, 0.25) is 5.91 Å². The van der Waals surface area contributed by atoms with E-state index >= 15 is 0 Å². The maximum absolute atomic E-state index is 11.6. The summed E-state index contributed by atoms with van der Waals surface area (Å²) in [5.41, 5.74) is 3.24. The summed E-state index contributed by atoms with van der Waals surface area (Å²) in [5, 5.41) is 16.4. The molecule has 1 amide bonds. The number of nitrogens with one attached hydrogen (secondary N) is 1. The zero-order chi connectivity index (χ0) is 18.5. The molecule has 1 heterocycles. The average molecular weight is 404 g/mol. The largest absolute Gasteiger partial charge is 0.326 e. The fourth-order valence-electron chi connectivity index (χ4n) is 2.47. The molecule has 0 fully saturated rings. The third kappa shape index (κ3) is 5.12. The second-order valence-electron chi connectivity index (χ2n) is 5.72. The number of rotatable bonds is 6. The third-order valence-electron chi connectivity index (χ3n) is 3.75. The first-order valence-corrected chi connectivity index (χ1v) is 9.05. The van der Waals surface area contributed by atoms with Crippen molar-refractivity contribution in [3.05, 3.63) is 64.0 Å². The van der Waals surface area contributed by atoms with Gasteiger partial charge in [-0.25, -0.2) is 4.98 Å². The van der Waals surface area contributed by atoms with Crippen LogP contribution in [0.2, 0.25) is 0 Å². The molecule has 27 heavy (non-hydrogen) atoms. The van der Waals surface area contributed by atoms with Gasteiger partial charge in [-0.1, -0.05) is 31.2 Å².